The molecule has 0 amide bonds. The average molecular weight is 301 g/mol. The maximum absolute atomic E-state index is 12.8. The first-order valence-electron chi connectivity index (χ1n) is 8.65. The summed E-state index contributed by atoms with van der Waals surface area (Å²) in [4.78, 5) is 15.2. The lowest BCUT2D eigenvalue weighted by Gasteiger charge is -2.28. The summed E-state index contributed by atoms with van der Waals surface area (Å²) in [5, 5.41) is 0. The highest BCUT2D eigenvalue weighted by Gasteiger charge is 2.44. The molecule has 3 nitrogen and oxygen atoms in total. The zero-order chi connectivity index (χ0) is 15.4. The summed E-state index contributed by atoms with van der Waals surface area (Å²) in [6.07, 6.45) is 7.57. The minimum atomic E-state index is -0.386. The van der Waals surface area contributed by atoms with Gasteiger partial charge in [0.1, 0.15) is 0 Å². The van der Waals surface area contributed by atoms with E-state index in [-0.39, 0.29) is 11.4 Å². The van der Waals surface area contributed by atoms with Crippen LogP contribution in [0.4, 0.5) is 0 Å². The van der Waals surface area contributed by atoms with E-state index < -0.39 is 0 Å². The van der Waals surface area contributed by atoms with Gasteiger partial charge in [0.05, 0.1) is 12.0 Å². The molecule has 0 aromatic heterocycles. The first-order chi connectivity index (χ1) is 10.7. The lowest BCUT2D eigenvalue weighted by Crippen LogP contribution is -2.35. The van der Waals surface area contributed by atoms with E-state index in [1.165, 1.54) is 19.4 Å². The molecule has 120 valence electrons. The zero-order valence-corrected chi connectivity index (χ0v) is 13.6. The number of nitrogens with zero attached hydrogens (tertiary/aromatic N) is 1. The fourth-order valence-corrected chi connectivity index (χ4v) is 4.12. The van der Waals surface area contributed by atoms with Gasteiger partial charge < -0.3 is 9.64 Å². The molecule has 1 aromatic rings. The van der Waals surface area contributed by atoms with Gasteiger partial charge in [-0.25, -0.2) is 0 Å². The van der Waals surface area contributed by atoms with Gasteiger partial charge in [-0.1, -0.05) is 43.2 Å². The Morgan fingerprint density at radius 1 is 1.23 bits per heavy atom. The lowest BCUT2D eigenvalue weighted by atomic mass is 9.79. The molecule has 0 bridgehead atoms. The van der Waals surface area contributed by atoms with Gasteiger partial charge in [0, 0.05) is 6.04 Å². The summed E-state index contributed by atoms with van der Waals surface area (Å²) < 4.78 is 5.73. The number of esters is 1. The number of benzene rings is 1. The molecule has 0 spiro atoms. The molecule has 3 rings (SSSR count). The fraction of sp³-hybridized carbons (Fsp3) is 0.632. The van der Waals surface area contributed by atoms with Crippen LogP contribution in [0.2, 0.25) is 0 Å². The van der Waals surface area contributed by atoms with Crippen LogP contribution in [-0.4, -0.2) is 37.1 Å². The predicted octanol–water partition coefficient (Wildman–Crippen LogP) is 3.53. The second-order valence-electron chi connectivity index (χ2n) is 6.86. The van der Waals surface area contributed by atoms with Gasteiger partial charge in [-0.15, -0.1) is 0 Å². The maximum atomic E-state index is 12.8. The van der Waals surface area contributed by atoms with Crippen LogP contribution in [0.15, 0.2) is 30.3 Å². The molecule has 2 aliphatic rings. The Bertz CT molecular complexity index is 493. The lowest BCUT2D eigenvalue weighted by molar-refractivity contribution is -0.151. The highest BCUT2D eigenvalue weighted by Crippen LogP contribution is 2.42. The number of hydrogen-bond acceptors (Lipinski definition) is 3. The number of rotatable bonds is 5. The summed E-state index contributed by atoms with van der Waals surface area (Å²) in [6, 6.07) is 10.8. The second-order valence-corrected chi connectivity index (χ2v) is 6.86. The van der Waals surface area contributed by atoms with Gasteiger partial charge in [-0.2, -0.15) is 0 Å². The predicted molar refractivity (Wildman–Crippen MR) is 87.8 cm³/mol. The Hall–Kier alpha value is -1.35. The number of carbonyl (C=O) groups excluding carboxylic acids is 1. The monoisotopic (exact) mass is 301 g/mol. The summed E-state index contributed by atoms with van der Waals surface area (Å²) in [5.41, 5.74) is 0.749. The van der Waals surface area contributed by atoms with E-state index in [0.29, 0.717) is 12.6 Å². The van der Waals surface area contributed by atoms with E-state index in [4.69, 9.17) is 4.74 Å². The molecule has 1 atom stereocenters. The van der Waals surface area contributed by atoms with Crippen molar-refractivity contribution in [1.82, 2.24) is 4.90 Å². The number of carbonyl (C=O) groups is 1. The van der Waals surface area contributed by atoms with Crippen LogP contribution in [0.25, 0.3) is 0 Å². The van der Waals surface area contributed by atoms with Gasteiger partial charge in [-0.3, -0.25) is 4.79 Å². The zero-order valence-electron chi connectivity index (χ0n) is 13.6. The number of hydrogen-bond donors (Lipinski definition) is 0. The first-order valence-corrected chi connectivity index (χ1v) is 8.65. The molecule has 3 heteroatoms. The molecule has 1 aliphatic carbocycles. The molecule has 1 unspecified atom stereocenters. The van der Waals surface area contributed by atoms with Gasteiger partial charge in [0.2, 0.25) is 0 Å². The molecular weight excluding hydrogens is 274 g/mol. The minimum Gasteiger partial charge on any atom is -0.465 e. The molecule has 1 saturated heterocycles. The first kappa shape index (κ1) is 15.5. The standard InChI is InChI=1S/C19H27NO2/c1-20-14-7-10-17(20)11-15-22-18(21)19(12-5-6-13-19)16-8-3-2-4-9-16/h2-4,8-9,17H,5-7,10-15H2,1H3. The van der Waals surface area contributed by atoms with Gasteiger partial charge in [0.15, 0.2) is 0 Å². The van der Waals surface area contributed by atoms with Crippen LogP contribution < -0.4 is 0 Å². The third-order valence-corrected chi connectivity index (χ3v) is 5.53. The summed E-state index contributed by atoms with van der Waals surface area (Å²) in [7, 11) is 2.17. The van der Waals surface area contributed by atoms with Crippen molar-refractivity contribution < 1.29 is 9.53 Å². The number of ether oxygens (including phenoxy) is 1. The van der Waals surface area contributed by atoms with Gasteiger partial charge in [-0.05, 0) is 51.3 Å². The Kier molecular flexibility index (Phi) is 4.82. The van der Waals surface area contributed by atoms with E-state index in [1.54, 1.807) is 0 Å². The van der Waals surface area contributed by atoms with E-state index in [1.807, 2.05) is 18.2 Å². The SMILES string of the molecule is CN1CCCC1CCOC(=O)C1(c2ccccc2)CCCC1. The van der Waals surface area contributed by atoms with Crippen LogP contribution >= 0.6 is 0 Å². The van der Waals surface area contributed by atoms with Crippen molar-refractivity contribution in [3.8, 4) is 0 Å². The molecule has 1 heterocycles. The van der Waals surface area contributed by atoms with Crippen molar-refractivity contribution >= 4 is 5.97 Å². The molecule has 0 N–H and O–H groups in total. The van der Waals surface area contributed by atoms with Crippen LogP contribution in [0.5, 0.6) is 0 Å². The quantitative estimate of drug-likeness (QED) is 0.779. The average Bonchev–Trinajstić information content (AvgIpc) is 3.19. The summed E-state index contributed by atoms with van der Waals surface area (Å²) in [6.45, 7) is 1.73. The Morgan fingerprint density at radius 3 is 2.59 bits per heavy atom. The van der Waals surface area contributed by atoms with Crippen LogP contribution in [-0.2, 0) is 14.9 Å². The van der Waals surface area contributed by atoms with E-state index >= 15 is 0 Å². The van der Waals surface area contributed by atoms with Crippen molar-refractivity contribution in [2.45, 2.75) is 56.4 Å². The molecular formula is C19H27NO2. The fourth-order valence-electron chi connectivity index (χ4n) is 4.12. The van der Waals surface area contributed by atoms with E-state index in [9.17, 15) is 4.79 Å². The van der Waals surface area contributed by atoms with Crippen LogP contribution in [0, 0.1) is 0 Å². The van der Waals surface area contributed by atoms with Crippen LogP contribution in [0.1, 0.15) is 50.5 Å². The third kappa shape index (κ3) is 3.05. The second kappa shape index (κ2) is 6.82. The summed E-state index contributed by atoms with van der Waals surface area (Å²) in [5.74, 6) is -0.00292. The van der Waals surface area contributed by atoms with Crippen molar-refractivity contribution in [2.75, 3.05) is 20.2 Å². The van der Waals surface area contributed by atoms with E-state index in [2.05, 4.69) is 24.1 Å². The number of likely N-dealkylation sites (tertiary alicyclic amines) is 1. The highest BCUT2D eigenvalue weighted by molar-refractivity contribution is 5.83. The Balaban J connectivity index is 1.61. The van der Waals surface area contributed by atoms with Crippen molar-refractivity contribution in [3.05, 3.63) is 35.9 Å². The third-order valence-electron chi connectivity index (χ3n) is 5.53. The molecule has 1 saturated carbocycles. The summed E-state index contributed by atoms with van der Waals surface area (Å²) >= 11 is 0. The molecule has 22 heavy (non-hydrogen) atoms. The largest absolute Gasteiger partial charge is 0.465 e. The molecule has 2 fully saturated rings. The topological polar surface area (TPSA) is 29.5 Å². The minimum absolute atomic E-state index is 0.00292. The Morgan fingerprint density at radius 2 is 1.95 bits per heavy atom. The van der Waals surface area contributed by atoms with Gasteiger partial charge >= 0.3 is 5.97 Å². The molecule has 1 aliphatic heterocycles. The Labute approximate surface area is 133 Å². The van der Waals surface area contributed by atoms with Crippen molar-refractivity contribution in [1.29, 1.82) is 0 Å². The maximum Gasteiger partial charge on any atom is 0.316 e. The smallest absolute Gasteiger partial charge is 0.316 e. The molecule has 0 radical (unpaired) electrons. The van der Waals surface area contributed by atoms with Crippen molar-refractivity contribution in [2.24, 2.45) is 0 Å². The normalized spacial score (nSPS) is 24.5. The van der Waals surface area contributed by atoms with E-state index in [0.717, 1.165) is 37.7 Å². The highest BCUT2D eigenvalue weighted by atomic mass is 16.5. The van der Waals surface area contributed by atoms with Gasteiger partial charge in [0.25, 0.3) is 0 Å². The van der Waals surface area contributed by atoms with Crippen LogP contribution in [0.3, 0.4) is 0 Å². The molecule has 1 aromatic carbocycles. The van der Waals surface area contributed by atoms with Crippen molar-refractivity contribution in [3.63, 3.8) is 0 Å².